The fraction of sp³-hybridized carbons (Fsp3) is 0.385. The Labute approximate surface area is 125 Å². The van der Waals surface area contributed by atoms with Crippen LogP contribution in [-0.2, 0) is 10.3 Å². The van der Waals surface area contributed by atoms with E-state index in [0.29, 0.717) is 11.0 Å². The van der Waals surface area contributed by atoms with Gasteiger partial charge >= 0.3 is 0 Å². The number of nitrogens with one attached hydrogen (secondary N) is 2. The van der Waals surface area contributed by atoms with Gasteiger partial charge in [-0.15, -0.1) is 0 Å². The summed E-state index contributed by atoms with van der Waals surface area (Å²) in [6.07, 6.45) is 0. The van der Waals surface area contributed by atoms with Crippen LogP contribution in [0.15, 0.2) is 27.7 Å². The lowest BCUT2D eigenvalue weighted by Gasteiger charge is -2.23. The summed E-state index contributed by atoms with van der Waals surface area (Å²) in [5, 5.41) is 6.39. The number of amides is 1. The second kappa shape index (κ2) is 5.13. The Kier molecular flexibility index (Phi) is 3.87. The standard InChI is InChI=1S/C13H15BrClN3O/c1-7(2)16-12-17-11(19)13(3,18-12)9-5-4-8(14)6-10(9)15/h4-7H,1-3H3,(H2,16,17,18,19). The summed E-state index contributed by atoms with van der Waals surface area (Å²) in [5.74, 6) is 0.331. The zero-order chi connectivity index (χ0) is 14.2. The molecule has 1 aliphatic rings. The topological polar surface area (TPSA) is 53.5 Å². The molecule has 1 aromatic carbocycles. The Bertz CT molecular complexity index is 559. The highest BCUT2D eigenvalue weighted by Crippen LogP contribution is 2.32. The van der Waals surface area contributed by atoms with Crippen molar-refractivity contribution in [3.05, 3.63) is 33.3 Å². The van der Waals surface area contributed by atoms with Gasteiger partial charge < -0.3 is 5.32 Å². The van der Waals surface area contributed by atoms with E-state index in [9.17, 15) is 4.79 Å². The molecule has 1 fully saturated rings. The highest BCUT2D eigenvalue weighted by molar-refractivity contribution is 9.10. The number of aliphatic imine (C=N–C) groups is 1. The van der Waals surface area contributed by atoms with Gasteiger partial charge in [-0.2, -0.15) is 0 Å². The van der Waals surface area contributed by atoms with Gasteiger partial charge in [-0.05, 0) is 32.9 Å². The molecule has 2 N–H and O–H groups in total. The highest BCUT2D eigenvalue weighted by Gasteiger charge is 2.43. The average molecular weight is 345 g/mol. The molecule has 0 bridgehead atoms. The first-order valence-corrected chi connectivity index (χ1v) is 7.13. The number of benzene rings is 1. The van der Waals surface area contributed by atoms with Crippen LogP contribution >= 0.6 is 27.5 Å². The second-order valence-electron chi connectivity index (χ2n) is 4.90. The molecular weight excluding hydrogens is 330 g/mol. The van der Waals surface area contributed by atoms with Gasteiger partial charge in [0.05, 0.1) is 0 Å². The summed E-state index contributed by atoms with van der Waals surface area (Å²) in [7, 11) is 0. The highest BCUT2D eigenvalue weighted by atomic mass is 79.9. The minimum Gasteiger partial charge on any atom is -0.338 e. The average Bonchev–Trinajstić information content (AvgIpc) is 2.53. The van der Waals surface area contributed by atoms with Crippen LogP contribution in [-0.4, -0.2) is 17.9 Å². The third kappa shape index (κ3) is 2.77. The van der Waals surface area contributed by atoms with E-state index in [4.69, 9.17) is 11.6 Å². The van der Waals surface area contributed by atoms with Crippen molar-refractivity contribution in [3.63, 3.8) is 0 Å². The van der Waals surface area contributed by atoms with Crippen LogP contribution in [0.1, 0.15) is 26.3 Å². The van der Waals surface area contributed by atoms with Crippen molar-refractivity contribution >= 4 is 39.4 Å². The van der Waals surface area contributed by atoms with Crippen LogP contribution in [0.5, 0.6) is 0 Å². The molecule has 1 amide bonds. The molecule has 1 aliphatic heterocycles. The predicted molar refractivity (Wildman–Crippen MR) is 80.4 cm³/mol. The van der Waals surface area contributed by atoms with E-state index in [1.54, 1.807) is 13.0 Å². The van der Waals surface area contributed by atoms with E-state index in [1.807, 2.05) is 26.0 Å². The molecule has 1 heterocycles. The molecule has 102 valence electrons. The molecule has 0 radical (unpaired) electrons. The Morgan fingerprint density at radius 1 is 1.42 bits per heavy atom. The number of carbonyl (C=O) groups excluding carboxylic acids is 1. The predicted octanol–water partition coefficient (Wildman–Crippen LogP) is 2.80. The smallest absolute Gasteiger partial charge is 0.256 e. The molecule has 0 aromatic heterocycles. The van der Waals surface area contributed by atoms with Crippen molar-refractivity contribution in [2.75, 3.05) is 0 Å². The first-order chi connectivity index (χ1) is 8.83. The van der Waals surface area contributed by atoms with E-state index in [0.717, 1.165) is 10.0 Å². The molecule has 4 nitrogen and oxygen atoms in total. The minimum absolute atomic E-state index is 0.102. The van der Waals surface area contributed by atoms with Crippen molar-refractivity contribution in [1.29, 1.82) is 0 Å². The fourth-order valence-corrected chi connectivity index (χ4v) is 2.83. The third-order valence-electron chi connectivity index (χ3n) is 2.91. The van der Waals surface area contributed by atoms with Gasteiger partial charge in [0.2, 0.25) is 0 Å². The zero-order valence-electron chi connectivity index (χ0n) is 10.9. The van der Waals surface area contributed by atoms with E-state index >= 15 is 0 Å². The summed E-state index contributed by atoms with van der Waals surface area (Å²) >= 11 is 9.58. The number of guanidine groups is 1. The van der Waals surface area contributed by atoms with Crippen molar-refractivity contribution in [2.45, 2.75) is 32.4 Å². The molecule has 0 spiro atoms. The van der Waals surface area contributed by atoms with E-state index in [-0.39, 0.29) is 11.9 Å². The molecule has 0 saturated carbocycles. The molecular formula is C13H15BrClN3O. The maximum Gasteiger partial charge on any atom is 0.256 e. The molecule has 1 saturated heterocycles. The molecule has 2 rings (SSSR count). The van der Waals surface area contributed by atoms with Gasteiger partial charge in [-0.3, -0.25) is 15.1 Å². The van der Waals surface area contributed by atoms with Gasteiger partial charge in [-0.1, -0.05) is 33.6 Å². The van der Waals surface area contributed by atoms with Crippen molar-refractivity contribution in [3.8, 4) is 0 Å². The quantitative estimate of drug-likeness (QED) is 0.867. The summed E-state index contributed by atoms with van der Waals surface area (Å²) in [4.78, 5) is 16.5. The van der Waals surface area contributed by atoms with Gasteiger partial charge in [0.25, 0.3) is 5.91 Å². The van der Waals surface area contributed by atoms with Gasteiger partial charge in [0.1, 0.15) is 5.54 Å². The Morgan fingerprint density at radius 2 is 2.11 bits per heavy atom. The molecule has 1 aromatic rings. The maximum absolute atomic E-state index is 12.2. The molecule has 0 aliphatic carbocycles. The van der Waals surface area contributed by atoms with Gasteiger partial charge in [0, 0.05) is 21.1 Å². The van der Waals surface area contributed by atoms with Crippen LogP contribution in [0.25, 0.3) is 0 Å². The number of rotatable bonds is 2. The molecule has 19 heavy (non-hydrogen) atoms. The normalized spacial score (nSPS) is 24.7. The Balaban J connectivity index is 2.40. The summed E-state index contributed by atoms with van der Waals surface area (Å²) in [6, 6.07) is 5.57. The number of nitrogens with zero attached hydrogens (tertiary/aromatic N) is 1. The monoisotopic (exact) mass is 343 g/mol. The SMILES string of the molecule is CC(C)N=C1NC(=O)C(C)(c2ccc(Br)cc2Cl)N1. The van der Waals surface area contributed by atoms with Crippen LogP contribution < -0.4 is 10.6 Å². The van der Waals surface area contributed by atoms with Crippen LogP contribution in [0.2, 0.25) is 5.02 Å². The van der Waals surface area contributed by atoms with Crippen molar-refractivity contribution in [2.24, 2.45) is 4.99 Å². The first-order valence-electron chi connectivity index (χ1n) is 5.96. The zero-order valence-corrected chi connectivity index (χ0v) is 13.3. The number of carbonyl (C=O) groups is 1. The Morgan fingerprint density at radius 3 is 2.68 bits per heavy atom. The second-order valence-corrected chi connectivity index (χ2v) is 6.22. The lowest BCUT2D eigenvalue weighted by molar-refractivity contribution is -0.123. The Hall–Kier alpha value is -1.07. The maximum atomic E-state index is 12.2. The lowest BCUT2D eigenvalue weighted by atomic mass is 9.92. The number of hydrogen-bond donors (Lipinski definition) is 2. The lowest BCUT2D eigenvalue weighted by Crippen LogP contribution is -2.41. The van der Waals surface area contributed by atoms with Gasteiger partial charge in [0.15, 0.2) is 5.96 Å². The molecule has 1 atom stereocenters. The summed E-state index contributed by atoms with van der Waals surface area (Å²) < 4.78 is 0.874. The van der Waals surface area contributed by atoms with Crippen LogP contribution in [0.4, 0.5) is 0 Å². The largest absolute Gasteiger partial charge is 0.338 e. The number of hydrogen-bond acceptors (Lipinski definition) is 2. The van der Waals surface area contributed by atoms with Crippen LogP contribution in [0.3, 0.4) is 0 Å². The van der Waals surface area contributed by atoms with Crippen molar-refractivity contribution in [1.82, 2.24) is 10.6 Å². The van der Waals surface area contributed by atoms with Gasteiger partial charge in [-0.25, -0.2) is 0 Å². The first kappa shape index (κ1) is 14.3. The van der Waals surface area contributed by atoms with Crippen molar-refractivity contribution < 1.29 is 4.79 Å². The van der Waals surface area contributed by atoms with E-state index in [2.05, 4.69) is 31.6 Å². The molecule has 6 heteroatoms. The summed E-state index contributed by atoms with van der Waals surface area (Å²) in [6.45, 7) is 5.69. The summed E-state index contributed by atoms with van der Waals surface area (Å²) in [5.41, 5.74) is -0.172. The van der Waals surface area contributed by atoms with Crippen LogP contribution in [0, 0.1) is 0 Å². The fourth-order valence-electron chi connectivity index (χ4n) is 1.96. The number of halogens is 2. The minimum atomic E-state index is -0.897. The third-order valence-corrected chi connectivity index (χ3v) is 3.72. The van der Waals surface area contributed by atoms with E-state index in [1.165, 1.54) is 0 Å². The van der Waals surface area contributed by atoms with E-state index < -0.39 is 5.54 Å². The molecule has 1 unspecified atom stereocenters.